The van der Waals surface area contributed by atoms with Crippen molar-refractivity contribution >= 4 is 11.8 Å². The van der Waals surface area contributed by atoms with Gasteiger partial charge in [0.15, 0.2) is 0 Å². The van der Waals surface area contributed by atoms with Gasteiger partial charge in [0.1, 0.15) is 0 Å². The second kappa shape index (κ2) is 6.18. The van der Waals surface area contributed by atoms with Crippen LogP contribution in [0.1, 0.15) is 26.2 Å². The zero-order valence-electron chi connectivity index (χ0n) is 12.0. The van der Waals surface area contributed by atoms with Crippen molar-refractivity contribution in [3.8, 4) is 0 Å². The Bertz CT molecular complexity index is 309. The number of nitrogens with one attached hydrogen (secondary N) is 1. The zero-order chi connectivity index (χ0) is 13.8. The third-order valence-corrected chi connectivity index (χ3v) is 3.82. The summed E-state index contributed by atoms with van der Waals surface area (Å²) in [7, 11) is 5.13. The van der Waals surface area contributed by atoms with Crippen LogP contribution in [0.5, 0.6) is 0 Å². The Hall–Kier alpha value is -1.10. The van der Waals surface area contributed by atoms with Gasteiger partial charge in [-0.25, -0.2) is 0 Å². The highest BCUT2D eigenvalue weighted by Gasteiger charge is 2.39. The first-order valence-corrected chi connectivity index (χ1v) is 6.59. The van der Waals surface area contributed by atoms with Crippen molar-refractivity contribution < 1.29 is 9.59 Å². The molecule has 1 atom stereocenters. The number of carbonyl (C=O) groups excluding carboxylic acids is 2. The lowest BCUT2D eigenvalue weighted by atomic mass is 9.77. The molecule has 1 saturated heterocycles. The van der Waals surface area contributed by atoms with E-state index in [4.69, 9.17) is 0 Å². The first-order valence-electron chi connectivity index (χ1n) is 6.59. The largest absolute Gasteiger partial charge is 0.347 e. The number of carbonyl (C=O) groups is 2. The van der Waals surface area contributed by atoms with Gasteiger partial charge in [-0.2, -0.15) is 0 Å². The molecule has 0 radical (unpaired) electrons. The molecule has 1 aliphatic heterocycles. The number of piperidine rings is 1. The van der Waals surface area contributed by atoms with E-state index in [0.717, 1.165) is 32.4 Å². The summed E-state index contributed by atoms with van der Waals surface area (Å²) in [5, 5.41) is 3.30. The van der Waals surface area contributed by atoms with Gasteiger partial charge in [-0.15, -0.1) is 0 Å². The topological polar surface area (TPSA) is 52.7 Å². The van der Waals surface area contributed by atoms with Crippen molar-refractivity contribution in [2.75, 3.05) is 40.8 Å². The smallest absolute Gasteiger partial charge is 0.241 e. The quantitative estimate of drug-likeness (QED) is 0.787. The average molecular weight is 255 g/mol. The number of amides is 2. The summed E-state index contributed by atoms with van der Waals surface area (Å²) in [4.78, 5) is 27.3. The van der Waals surface area contributed by atoms with Crippen molar-refractivity contribution in [2.45, 2.75) is 26.2 Å². The lowest BCUT2D eigenvalue weighted by molar-refractivity contribution is -0.146. The van der Waals surface area contributed by atoms with Crippen molar-refractivity contribution in [2.24, 2.45) is 5.41 Å². The summed E-state index contributed by atoms with van der Waals surface area (Å²) in [6, 6.07) is 0. The zero-order valence-corrected chi connectivity index (χ0v) is 12.0. The van der Waals surface area contributed by atoms with E-state index in [1.54, 1.807) is 26.0 Å². The van der Waals surface area contributed by atoms with Crippen molar-refractivity contribution in [1.82, 2.24) is 15.1 Å². The maximum atomic E-state index is 12.5. The minimum Gasteiger partial charge on any atom is -0.347 e. The van der Waals surface area contributed by atoms with Gasteiger partial charge in [0, 0.05) is 27.7 Å². The molecule has 0 aliphatic carbocycles. The van der Waals surface area contributed by atoms with E-state index in [1.807, 2.05) is 6.92 Å². The minimum atomic E-state index is -0.320. The van der Waals surface area contributed by atoms with Crippen molar-refractivity contribution in [1.29, 1.82) is 0 Å². The van der Waals surface area contributed by atoms with E-state index in [1.165, 1.54) is 4.90 Å². The first-order chi connectivity index (χ1) is 8.43. The fourth-order valence-corrected chi connectivity index (χ4v) is 2.42. The molecule has 0 saturated carbocycles. The molecule has 0 bridgehead atoms. The maximum absolute atomic E-state index is 12.5. The van der Waals surface area contributed by atoms with Gasteiger partial charge in [0.25, 0.3) is 0 Å². The maximum Gasteiger partial charge on any atom is 0.241 e. The summed E-state index contributed by atoms with van der Waals surface area (Å²) in [5.41, 5.74) is -0.320. The number of hydrogen-bond acceptors (Lipinski definition) is 3. The second-order valence-electron chi connectivity index (χ2n) is 5.36. The summed E-state index contributed by atoms with van der Waals surface area (Å²) in [6.45, 7) is 3.91. The highest BCUT2D eigenvalue weighted by Crippen LogP contribution is 2.31. The molecule has 1 fully saturated rings. The lowest BCUT2D eigenvalue weighted by Gasteiger charge is -2.38. The van der Waals surface area contributed by atoms with Crippen LogP contribution in [-0.4, -0.2) is 62.4 Å². The molecule has 5 heteroatoms. The highest BCUT2D eigenvalue weighted by atomic mass is 16.2. The predicted octanol–water partition coefficient (Wildman–Crippen LogP) is 0.313. The first kappa shape index (κ1) is 15.0. The van der Waals surface area contributed by atoms with E-state index in [9.17, 15) is 9.59 Å². The Morgan fingerprint density at radius 3 is 2.39 bits per heavy atom. The Morgan fingerprint density at radius 2 is 1.94 bits per heavy atom. The monoisotopic (exact) mass is 255 g/mol. The van der Waals surface area contributed by atoms with Gasteiger partial charge in [-0.1, -0.05) is 6.92 Å². The highest BCUT2D eigenvalue weighted by molar-refractivity contribution is 5.87. The van der Waals surface area contributed by atoms with Gasteiger partial charge >= 0.3 is 0 Å². The van der Waals surface area contributed by atoms with Gasteiger partial charge in [-0.3, -0.25) is 9.59 Å². The third-order valence-electron chi connectivity index (χ3n) is 3.82. The average Bonchev–Trinajstić information content (AvgIpc) is 2.38. The van der Waals surface area contributed by atoms with Crippen LogP contribution in [0.2, 0.25) is 0 Å². The van der Waals surface area contributed by atoms with Crippen LogP contribution in [0.3, 0.4) is 0 Å². The van der Waals surface area contributed by atoms with Gasteiger partial charge in [-0.05, 0) is 25.8 Å². The summed E-state index contributed by atoms with van der Waals surface area (Å²) in [6.07, 6.45) is 2.75. The van der Waals surface area contributed by atoms with Crippen LogP contribution in [-0.2, 0) is 9.59 Å². The molecule has 2 amide bonds. The fraction of sp³-hybridized carbons (Fsp3) is 0.846. The van der Waals surface area contributed by atoms with Crippen LogP contribution >= 0.6 is 0 Å². The molecule has 1 N–H and O–H groups in total. The molecule has 0 aromatic heterocycles. The molecule has 18 heavy (non-hydrogen) atoms. The number of nitrogens with zero attached hydrogens (tertiary/aromatic N) is 2. The summed E-state index contributed by atoms with van der Waals surface area (Å²) in [5.74, 6) is 0.0493. The molecule has 5 nitrogen and oxygen atoms in total. The Balaban J connectivity index is 2.68. The molecule has 1 rings (SSSR count). The van der Waals surface area contributed by atoms with Gasteiger partial charge < -0.3 is 15.1 Å². The molecule has 0 aromatic rings. The van der Waals surface area contributed by atoms with Crippen LogP contribution in [0.25, 0.3) is 0 Å². The Kier molecular flexibility index (Phi) is 5.14. The van der Waals surface area contributed by atoms with E-state index in [0.29, 0.717) is 0 Å². The second-order valence-corrected chi connectivity index (χ2v) is 5.36. The molecule has 104 valence electrons. The molecule has 0 spiro atoms. The number of hydrogen-bond donors (Lipinski definition) is 1. The summed E-state index contributed by atoms with van der Waals surface area (Å²) < 4.78 is 0. The van der Waals surface area contributed by atoms with Gasteiger partial charge in [0.2, 0.25) is 11.8 Å². The molecule has 1 heterocycles. The SMILES string of the molecule is CCC1(C(=O)N(C)CC(=O)N(C)C)CCCNC1. The molecule has 1 unspecified atom stereocenters. The normalized spacial score (nSPS) is 23.6. The van der Waals surface area contributed by atoms with Crippen LogP contribution in [0, 0.1) is 5.41 Å². The minimum absolute atomic E-state index is 0.0409. The Labute approximate surface area is 110 Å². The molecule has 0 aromatic carbocycles. The Morgan fingerprint density at radius 1 is 1.28 bits per heavy atom. The molecular formula is C13H25N3O2. The van der Waals surface area contributed by atoms with Crippen LogP contribution in [0.4, 0.5) is 0 Å². The van der Waals surface area contributed by atoms with Crippen molar-refractivity contribution in [3.63, 3.8) is 0 Å². The van der Waals surface area contributed by atoms with E-state index < -0.39 is 0 Å². The summed E-state index contributed by atoms with van der Waals surface area (Å²) >= 11 is 0. The fourth-order valence-electron chi connectivity index (χ4n) is 2.42. The van der Waals surface area contributed by atoms with E-state index in [2.05, 4.69) is 5.32 Å². The van der Waals surface area contributed by atoms with Crippen molar-refractivity contribution in [3.05, 3.63) is 0 Å². The van der Waals surface area contributed by atoms with Crippen LogP contribution < -0.4 is 5.32 Å². The predicted molar refractivity (Wildman–Crippen MR) is 71.2 cm³/mol. The van der Waals surface area contributed by atoms with Gasteiger partial charge in [0.05, 0.1) is 12.0 Å². The molecular weight excluding hydrogens is 230 g/mol. The third kappa shape index (κ3) is 3.22. The van der Waals surface area contributed by atoms with E-state index >= 15 is 0 Å². The molecule has 1 aliphatic rings. The van der Waals surface area contributed by atoms with E-state index in [-0.39, 0.29) is 23.8 Å². The van der Waals surface area contributed by atoms with Crippen LogP contribution in [0.15, 0.2) is 0 Å². The lowest BCUT2D eigenvalue weighted by Crippen LogP contribution is -2.52. The number of rotatable bonds is 4. The number of likely N-dealkylation sites (N-methyl/N-ethyl adjacent to an activating group) is 2. The standard InChI is InChI=1S/C13H25N3O2/c1-5-13(7-6-8-14-10-13)12(18)16(4)9-11(17)15(2)3/h14H,5-10H2,1-4H3.